The molecule has 0 aliphatic carbocycles. The third-order valence-electron chi connectivity index (χ3n) is 2.86. The number of fused-ring (bicyclic) bond motifs is 1. The Morgan fingerprint density at radius 1 is 1.56 bits per heavy atom. The summed E-state index contributed by atoms with van der Waals surface area (Å²) < 4.78 is 11.5. The van der Waals surface area contributed by atoms with Gasteiger partial charge >= 0.3 is 109 Å². The molecule has 0 fully saturated rings. The van der Waals surface area contributed by atoms with E-state index in [-0.39, 0.29) is 12.1 Å². The topological polar surface area (TPSA) is 35.5 Å². The second-order valence-electron chi connectivity index (χ2n) is 4.25. The van der Waals surface area contributed by atoms with Crippen molar-refractivity contribution in [3.63, 3.8) is 0 Å². The van der Waals surface area contributed by atoms with E-state index in [1.54, 1.807) is 0 Å². The Balaban J connectivity index is 1.93. The van der Waals surface area contributed by atoms with Crippen LogP contribution in [0.2, 0.25) is 3.43 Å². The van der Waals surface area contributed by atoms with Crippen LogP contribution in [0, 0.1) is 0 Å². The van der Waals surface area contributed by atoms with Gasteiger partial charge in [0.05, 0.1) is 0 Å². The quantitative estimate of drug-likeness (QED) is 0.723. The number of ether oxygens (including phenoxy) is 1. The van der Waals surface area contributed by atoms with Gasteiger partial charge in [-0.3, -0.25) is 0 Å². The summed E-state index contributed by atoms with van der Waals surface area (Å²) in [6.45, 7) is 3.62. The maximum atomic E-state index is 10.8. The van der Waals surface area contributed by atoms with Crippen LogP contribution in [0.5, 0.6) is 5.75 Å². The van der Waals surface area contributed by atoms with Crippen LogP contribution < -0.4 is 4.74 Å². The van der Waals surface area contributed by atoms with Crippen molar-refractivity contribution >= 4 is 5.97 Å². The molecule has 1 aromatic rings. The SMILES string of the molecule is CC(=O)[O][Hg][CH](C)C1Cc2ccccc2O1. The molecule has 3 nitrogen and oxygen atoms in total. The number of carbonyl (C=O) groups is 1. The molecule has 82 valence electrons. The van der Waals surface area contributed by atoms with Crippen molar-refractivity contribution in [1.29, 1.82) is 0 Å². The van der Waals surface area contributed by atoms with Gasteiger partial charge in [0, 0.05) is 0 Å². The number of hydrogen-bond donors (Lipinski definition) is 0. The molecule has 0 amide bonds. The molecule has 0 saturated carbocycles. The van der Waals surface area contributed by atoms with Crippen LogP contribution in [0.3, 0.4) is 0 Å². The molecule has 0 saturated heterocycles. The van der Waals surface area contributed by atoms with Crippen molar-refractivity contribution < 1.29 is 37.2 Å². The zero-order valence-electron chi connectivity index (χ0n) is 9.60. The second kappa shape index (κ2) is 5.17. The van der Waals surface area contributed by atoms with E-state index in [9.17, 15) is 4.79 Å². The van der Waals surface area contributed by atoms with E-state index in [0.717, 1.165) is 12.2 Å². The minimum absolute atomic E-state index is 0.135. The predicted molar refractivity (Wildman–Crippen MR) is 55.8 cm³/mol. The summed E-state index contributed by atoms with van der Waals surface area (Å²) in [5.41, 5.74) is 1.27. The van der Waals surface area contributed by atoms with Gasteiger partial charge in [-0.1, -0.05) is 0 Å². The standard InChI is InChI=1S/C10H11O.C2H4O2.Hg/c1-2-9-7-8-5-3-4-6-10(8)11-9;1-2(3)4;/h2-6,9H,7H2,1H3;1H3,(H,3,4);/q;;+1/p-1. The average molecular weight is 407 g/mol. The Hall–Kier alpha value is -0.575. The van der Waals surface area contributed by atoms with Gasteiger partial charge in [0.2, 0.25) is 0 Å². The first-order valence-electron chi connectivity index (χ1n) is 5.54. The fourth-order valence-corrected chi connectivity index (χ4v) is 5.67. The van der Waals surface area contributed by atoms with Crippen molar-refractivity contribution in [2.75, 3.05) is 0 Å². The van der Waals surface area contributed by atoms with Crippen molar-refractivity contribution in [3.8, 4) is 5.75 Å². The van der Waals surface area contributed by atoms with Crippen molar-refractivity contribution in [3.05, 3.63) is 29.8 Å². The van der Waals surface area contributed by atoms with E-state index in [1.807, 2.05) is 18.2 Å². The van der Waals surface area contributed by atoms with Gasteiger partial charge in [-0.05, 0) is 0 Å². The number of benzene rings is 1. The Morgan fingerprint density at radius 3 is 3.00 bits per heavy atom. The molecule has 1 aliphatic rings. The minimum atomic E-state index is -1.58. The molecule has 0 N–H and O–H groups in total. The third kappa shape index (κ3) is 2.76. The molecule has 2 atom stereocenters. The molecule has 0 spiro atoms. The monoisotopic (exact) mass is 408 g/mol. The fraction of sp³-hybridized carbons (Fsp3) is 0.417. The predicted octanol–water partition coefficient (Wildman–Crippen LogP) is 2.36. The van der Waals surface area contributed by atoms with Gasteiger partial charge in [-0.15, -0.1) is 0 Å². The summed E-state index contributed by atoms with van der Waals surface area (Å²) in [4.78, 5) is 10.8. The van der Waals surface area contributed by atoms with Crippen LogP contribution >= 0.6 is 0 Å². The first kappa shape index (κ1) is 11.9. The zero-order chi connectivity index (χ0) is 11.5. The Labute approximate surface area is 108 Å². The van der Waals surface area contributed by atoms with Crippen LogP contribution in [0.25, 0.3) is 0 Å². The van der Waals surface area contributed by atoms with E-state index in [4.69, 9.17) is 7.38 Å². The molecule has 4 heteroatoms. The number of hydrogen-bond acceptors (Lipinski definition) is 3. The molecule has 1 heterocycles. The number of carbonyl (C=O) groups excluding carboxylic acids is 1. The second-order valence-corrected chi connectivity index (χ2v) is 11.7. The van der Waals surface area contributed by atoms with Gasteiger partial charge in [-0.2, -0.15) is 0 Å². The van der Waals surface area contributed by atoms with E-state index in [2.05, 4.69) is 13.0 Å². The maximum absolute atomic E-state index is 10.8. The van der Waals surface area contributed by atoms with Gasteiger partial charge in [0.15, 0.2) is 0 Å². The van der Waals surface area contributed by atoms with E-state index in [0.29, 0.717) is 3.43 Å². The van der Waals surface area contributed by atoms with E-state index in [1.165, 1.54) is 12.5 Å². The van der Waals surface area contributed by atoms with Gasteiger partial charge < -0.3 is 0 Å². The zero-order valence-corrected chi connectivity index (χ0v) is 15.1. The molecule has 1 aromatic carbocycles. The van der Waals surface area contributed by atoms with Crippen LogP contribution in [0.15, 0.2) is 24.3 Å². The van der Waals surface area contributed by atoms with Crippen LogP contribution in [-0.2, 0) is 38.9 Å². The van der Waals surface area contributed by atoms with Crippen LogP contribution in [-0.4, -0.2) is 12.1 Å². The molecule has 16 heavy (non-hydrogen) atoms. The number of rotatable bonds is 3. The van der Waals surface area contributed by atoms with Crippen molar-refractivity contribution in [1.82, 2.24) is 0 Å². The molecule has 2 rings (SSSR count). The van der Waals surface area contributed by atoms with Gasteiger partial charge in [0.25, 0.3) is 0 Å². The molecule has 0 aromatic heterocycles. The first-order valence-corrected chi connectivity index (χ1v) is 11.0. The van der Waals surface area contributed by atoms with E-state index < -0.39 is 25.0 Å². The first-order chi connectivity index (χ1) is 7.66. The van der Waals surface area contributed by atoms with Gasteiger partial charge in [0.1, 0.15) is 0 Å². The molecule has 1 aliphatic heterocycles. The molecular formula is C12H14HgO3. The summed E-state index contributed by atoms with van der Waals surface area (Å²) in [6.07, 6.45) is 1.18. The van der Waals surface area contributed by atoms with Crippen molar-refractivity contribution in [2.24, 2.45) is 0 Å². The molecule has 0 radical (unpaired) electrons. The van der Waals surface area contributed by atoms with Gasteiger partial charge in [-0.25, -0.2) is 0 Å². The Bertz CT molecular complexity index is 367. The summed E-state index contributed by atoms with van der Waals surface area (Å²) in [6, 6.07) is 8.13. The third-order valence-corrected chi connectivity index (χ3v) is 9.17. The Morgan fingerprint density at radius 2 is 2.31 bits per heavy atom. The van der Waals surface area contributed by atoms with E-state index >= 15 is 0 Å². The van der Waals surface area contributed by atoms with Crippen molar-refractivity contribution in [2.45, 2.75) is 29.8 Å². The van der Waals surface area contributed by atoms with Crippen LogP contribution in [0.4, 0.5) is 0 Å². The molecular weight excluding hydrogens is 393 g/mol. The molecule has 0 bridgehead atoms. The fourth-order valence-electron chi connectivity index (χ4n) is 1.88. The summed E-state index contributed by atoms with van der Waals surface area (Å²) in [7, 11) is 0. The number of para-hydroxylation sites is 1. The Kier molecular flexibility index (Phi) is 3.84. The normalized spacial score (nSPS) is 19.2. The van der Waals surface area contributed by atoms with Crippen LogP contribution in [0.1, 0.15) is 19.4 Å². The average Bonchev–Trinajstić information content (AvgIpc) is 2.69. The summed E-state index contributed by atoms with van der Waals surface area (Å²) in [5.74, 6) is 0.861. The summed E-state index contributed by atoms with van der Waals surface area (Å²) in [5, 5.41) is 0. The summed E-state index contributed by atoms with van der Waals surface area (Å²) >= 11 is -1.58. The molecule has 2 unspecified atom stereocenters.